The minimum atomic E-state index is -1.06. The zero-order valence-corrected chi connectivity index (χ0v) is 33.2. The van der Waals surface area contributed by atoms with E-state index in [1.54, 1.807) is 11.8 Å². The smallest absolute Gasteiger partial charge is 0.231 e. The number of aryl methyl sites for hydroxylation is 2. The molecule has 0 bridgehead atoms. The number of oxime groups is 1. The summed E-state index contributed by atoms with van der Waals surface area (Å²) in [6.07, 6.45) is 12.5. The third kappa shape index (κ3) is 8.87. The Morgan fingerprint density at radius 3 is 2.45 bits per heavy atom. The van der Waals surface area contributed by atoms with Gasteiger partial charge in [-0.25, -0.2) is 0 Å². The summed E-state index contributed by atoms with van der Waals surface area (Å²) in [5.41, 5.74) is 5.51. The number of ether oxygens (including phenoxy) is 4. The van der Waals surface area contributed by atoms with Crippen LogP contribution in [0, 0.1) is 31.6 Å². The molecule has 0 spiro atoms. The fourth-order valence-electron chi connectivity index (χ4n) is 8.98. The van der Waals surface area contributed by atoms with Crippen LogP contribution in [0.2, 0.25) is 0 Å². The monoisotopic (exact) mass is 767 g/mol. The lowest BCUT2D eigenvalue weighted by atomic mass is 9.56. The van der Waals surface area contributed by atoms with E-state index >= 15 is 0 Å². The summed E-state index contributed by atoms with van der Waals surface area (Å²) >= 11 is 1.76. The maximum absolute atomic E-state index is 9.94. The summed E-state index contributed by atoms with van der Waals surface area (Å²) in [5.74, 6) is 1.44. The molecule has 1 saturated carbocycles. The van der Waals surface area contributed by atoms with Gasteiger partial charge in [-0.3, -0.25) is 0 Å². The average Bonchev–Trinajstić information content (AvgIpc) is 3.20. The molecule has 3 aromatic rings. The Bertz CT molecular complexity index is 1810. The molecule has 0 radical (unpaired) electrons. The number of thioether (sulfide) groups is 1. The van der Waals surface area contributed by atoms with Crippen molar-refractivity contribution in [2.75, 3.05) is 26.4 Å². The Labute approximate surface area is 330 Å². The Balaban J connectivity index is 1.40. The van der Waals surface area contributed by atoms with Crippen molar-refractivity contribution in [1.82, 2.24) is 0 Å². The molecule has 2 heterocycles. The summed E-state index contributed by atoms with van der Waals surface area (Å²) < 4.78 is 27.0. The van der Waals surface area contributed by atoms with Gasteiger partial charge in [0.1, 0.15) is 17.2 Å². The number of benzene rings is 3. The zero-order chi connectivity index (χ0) is 38.2. The second kappa shape index (κ2) is 18.6. The first kappa shape index (κ1) is 39.6. The second-order valence-electron chi connectivity index (χ2n) is 15.4. The molecular weight excluding hydrogens is 711 g/mol. The molecule has 2 fully saturated rings. The summed E-state index contributed by atoms with van der Waals surface area (Å²) in [5, 5.41) is 24.6. The second-order valence-corrected chi connectivity index (χ2v) is 16.7. The first-order valence-electron chi connectivity index (χ1n) is 20.3. The Morgan fingerprint density at radius 2 is 1.71 bits per heavy atom. The molecule has 2 aliphatic carbocycles. The number of aliphatic hydroxyl groups excluding tert-OH is 2. The number of aliphatic hydroxyl groups is 2. The molecule has 3 aromatic carbocycles. The summed E-state index contributed by atoms with van der Waals surface area (Å²) in [6.45, 7) is 9.59. The zero-order valence-electron chi connectivity index (χ0n) is 32.4. The van der Waals surface area contributed by atoms with Crippen LogP contribution in [0.3, 0.4) is 0 Å². The minimum Gasteiger partial charge on any atom is -0.460 e. The van der Waals surface area contributed by atoms with Crippen LogP contribution in [0.4, 0.5) is 0 Å². The SMILES string of the molecule is C=CCO[C@@]12Oc3ccc(Oc4ccc(C)c(C)c4)cc3[C@H]3[C@H](CCCCO)[C@@H](CCCCO)C=C(C(=NOC4CCCCO4)C[C@@H]1Sc1ccccc1)[C@H]32. The van der Waals surface area contributed by atoms with Gasteiger partial charge in [0.15, 0.2) is 0 Å². The lowest BCUT2D eigenvalue weighted by Gasteiger charge is -2.58. The highest BCUT2D eigenvalue weighted by molar-refractivity contribution is 8.00. The fourth-order valence-corrected chi connectivity index (χ4v) is 10.3. The molecule has 8 nitrogen and oxygen atoms in total. The average molecular weight is 768 g/mol. The van der Waals surface area contributed by atoms with Crippen LogP contribution in [0.1, 0.15) is 86.8 Å². The number of allylic oxidation sites excluding steroid dienone is 1. The number of unbranched alkanes of at least 4 members (excludes halogenated alkanes) is 2. The maximum Gasteiger partial charge on any atom is 0.231 e. The van der Waals surface area contributed by atoms with E-state index < -0.39 is 5.79 Å². The van der Waals surface area contributed by atoms with Crippen molar-refractivity contribution in [2.45, 2.75) is 106 Å². The van der Waals surface area contributed by atoms with Crippen molar-refractivity contribution >= 4 is 17.5 Å². The highest BCUT2D eigenvalue weighted by atomic mass is 32.2. The molecule has 1 unspecified atom stereocenters. The van der Waals surface area contributed by atoms with E-state index in [4.69, 9.17) is 28.9 Å². The van der Waals surface area contributed by atoms with Crippen molar-refractivity contribution in [3.05, 3.63) is 108 Å². The normalized spacial score (nSPS) is 27.7. The lowest BCUT2D eigenvalue weighted by Crippen LogP contribution is -2.64. The van der Waals surface area contributed by atoms with E-state index in [1.165, 1.54) is 11.1 Å². The third-order valence-corrected chi connectivity index (χ3v) is 13.1. The molecule has 7 atom stereocenters. The highest BCUT2D eigenvalue weighted by Crippen LogP contribution is 2.63. The lowest BCUT2D eigenvalue weighted by molar-refractivity contribution is -0.223. The summed E-state index contributed by atoms with van der Waals surface area (Å²) in [6, 6.07) is 22.9. The van der Waals surface area contributed by atoms with Gasteiger partial charge in [0, 0.05) is 42.4 Å². The largest absolute Gasteiger partial charge is 0.460 e. The van der Waals surface area contributed by atoms with Crippen LogP contribution in [0.5, 0.6) is 17.2 Å². The number of rotatable bonds is 17. The van der Waals surface area contributed by atoms with E-state index in [-0.39, 0.29) is 48.4 Å². The van der Waals surface area contributed by atoms with Crippen molar-refractivity contribution in [3.63, 3.8) is 0 Å². The van der Waals surface area contributed by atoms with Crippen LogP contribution >= 0.6 is 11.8 Å². The first-order valence-corrected chi connectivity index (χ1v) is 21.1. The molecule has 0 amide bonds. The van der Waals surface area contributed by atoms with Crippen LogP contribution in [0.25, 0.3) is 0 Å². The van der Waals surface area contributed by atoms with Gasteiger partial charge < -0.3 is 34.0 Å². The van der Waals surface area contributed by atoms with Crippen molar-refractivity contribution in [1.29, 1.82) is 0 Å². The van der Waals surface area contributed by atoms with Gasteiger partial charge >= 0.3 is 0 Å². The van der Waals surface area contributed by atoms with E-state index in [0.717, 1.165) is 96.8 Å². The molecule has 7 rings (SSSR count). The number of hydrogen-bond acceptors (Lipinski definition) is 9. The number of fused-ring (bicyclic) bond motifs is 2. The maximum atomic E-state index is 9.94. The van der Waals surface area contributed by atoms with Crippen LogP contribution in [-0.4, -0.2) is 59.7 Å². The predicted molar refractivity (Wildman–Crippen MR) is 218 cm³/mol. The number of hydrogen-bond donors (Lipinski definition) is 2. The molecule has 55 heavy (non-hydrogen) atoms. The molecule has 4 aliphatic rings. The molecule has 1 saturated heterocycles. The van der Waals surface area contributed by atoms with Gasteiger partial charge in [-0.2, -0.15) is 0 Å². The molecule has 294 valence electrons. The van der Waals surface area contributed by atoms with Crippen molar-refractivity contribution in [3.8, 4) is 17.2 Å². The van der Waals surface area contributed by atoms with E-state index in [9.17, 15) is 10.2 Å². The van der Waals surface area contributed by atoms with Gasteiger partial charge in [-0.15, -0.1) is 18.3 Å². The minimum absolute atomic E-state index is 0.0232. The Morgan fingerprint density at radius 1 is 0.927 bits per heavy atom. The summed E-state index contributed by atoms with van der Waals surface area (Å²) in [7, 11) is 0. The molecule has 9 heteroatoms. The van der Waals surface area contributed by atoms with Gasteiger partial charge in [0.25, 0.3) is 0 Å². The van der Waals surface area contributed by atoms with Gasteiger partial charge in [0.2, 0.25) is 12.1 Å². The van der Waals surface area contributed by atoms with Crippen LogP contribution < -0.4 is 9.47 Å². The highest BCUT2D eigenvalue weighted by Gasteiger charge is 2.64. The van der Waals surface area contributed by atoms with Gasteiger partial charge in [-0.05, 0) is 123 Å². The van der Waals surface area contributed by atoms with Gasteiger partial charge in [0.05, 0.1) is 30.1 Å². The number of nitrogens with zero attached hydrogens (tertiary/aromatic N) is 1. The van der Waals surface area contributed by atoms with E-state index in [1.807, 2.05) is 24.3 Å². The Hall–Kier alpha value is -3.60. The van der Waals surface area contributed by atoms with Gasteiger partial charge in [-0.1, -0.05) is 54.4 Å². The van der Waals surface area contributed by atoms with E-state index in [2.05, 4.69) is 75.0 Å². The third-order valence-electron chi connectivity index (χ3n) is 11.8. The topological polar surface area (TPSA) is 99.0 Å². The first-order chi connectivity index (χ1) is 26.9. The summed E-state index contributed by atoms with van der Waals surface area (Å²) in [4.78, 5) is 7.38. The van der Waals surface area contributed by atoms with Crippen molar-refractivity contribution < 1.29 is 34.0 Å². The molecule has 2 aliphatic heterocycles. The molecule has 0 aromatic heterocycles. The molecule has 2 N–H and O–H groups in total. The quantitative estimate of drug-likeness (QED) is 0.0796. The Kier molecular flexibility index (Phi) is 13.4. The van der Waals surface area contributed by atoms with E-state index in [0.29, 0.717) is 19.6 Å². The van der Waals surface area contributed by atoms with Crippen LogP contribution in [-0.2, 0) is 14.3 Å². The molecular formula is C46H57NO7S. The van der Waals surface area contributed by atoms with Crippen molar-refractivity contribution in [2.24, 2.45) is 22.9 Å². The fraction of sp³-hybridized carbons (Fsp3) is 0.500. The standard InChI is InChI=1S/C46H57NO7S/c1-4-25-51-46-42(55-36-15-6-5-7-16-36)30-40(47-54-43-18-10-13-26-50-43)38-28-33(14-8-11-23-48)37(17-9-12-24-49)44(45(38)46)39-29-35(21-22-41(39)53-46)52-34-20-19-31(2)32(3)27-34/h4-7,15-16,19-22,27-29,33,37,42-45,48-49H,1,8-14,17-18,23-26,30H2,2-3H3/t33-,37+,42-,43?,44+,45+,46+/m0/s1. The van der Waals surface area contributed by atoms with Crippen LogP contribution in [0.15, 0.2) is 101 Å². The predicted octanol–water partition coefficient (Wildman–Crippen LogP) is 10.0.